The van der Waals surface area contributed by atoms with Gasteiger partial charge in [-0.2, -0.15) is 0 Å². The van der Waals surface area contributed by atoms with Crippen molar-refractivity contribution in [1.82, 2.24) is 15.2 Å². The van der Waals surface area contributed by atoms with E-state index >= 15 is 0 Å². The molecule has 0 aromatic carbocycles. The van der Waals surface area contributed by atoms with E-state index in [1.165, 1.54) is 12.8 Å². The van der Waals surface area contributed by atoms with E-state index in [0.29, 0.717) is 12.6 Å². The molecule has 1 heterocycles. The lowest BCUT2D eigenvalue weighted by molar-refractivity contribution is -0.127. The first-order valence-corrected chi connectivity index (χ1v) is 7.24. The molecule has 1 saturated carbocycles. The fourth-order valence-corrected chi connectivity index (χ4v) is 2.04. The first-order valence-electron chi connectivity index (χ1n) is 7.24. The minimum atomic E-state index is 0.0959. The number of carbonyl (C=O) groups is 1. The number of carbonyl (C=O) groups excluding carboxylic acids is 1. The summed E-state index contributed by atoms with van der Waals surface area (Å²) >= 11 is 0. The number of likely N-dealkylation sites (N-methyl/N-ethyl adjacent to an activating group) is 2. The zero-order valence-corrected chi connectivity index (χ0v) is 12.6. The maximum absolute atomic E-state index is 11.9. The molecule has 0 radical (unpaired) electrons. The van der Waals surface area contributed by atoms with Gasteiger partial charge in [0.15, 0.2) is 0 Å². The number of nitrogens with zero attached hydrogens (tertiary/aromatic N) is 3. The van der Waals surface area contributed by atoms with Crippen LogP contribution in [0.3, 0.4) is 0 Å². The van der Waals surface area contributed by atoms with Gasteiger partial charge in [-0.3, -0.25) is 4.79 Å². The molecule has 0 saturated heterocycles. The number of hydrogen-bond acceptors (Lipinski definition) is 4. The molecule has 1 aromatic heterocycles. The monoisotopic (exact) mass is 276 g/mol. The van der Waals surface area contributed by atoms with E-state index in [-0.39, 0.29) is 5.91 Å². The second-order valence-corrected chi connectivity index (χ2v) is 5.44. The summed E-state index contributed by atoms with van der Waals surface area (Å²) in [4.78, 5) is 20.0. The molecule has 1 N–H and O–H groups in total. The highest BCUT2D eigenvalue weighted by Crippen LogP contribution is 2.22. The predicted molar refractivity (Wildman–Crippen MR) is 80.7 cm³/mol. The topological polar surface area (TPSA) is 48.5 Å². The molecule has 0 spiro atoms. The Hall–Kier alpha value is -1.62. The predicted octanol–water partition coefficient (Wildman–Crippen LogP) is 1.25. The lowest BCUT2D eigenvalue weighted by Crippen LogP contribution is -2.37. The van der Waals surface area contributed by atoms with Crippen molar-refractivity contribution in [3.8, 4) is 0 Å². The Balaban J connectivity index is 2.08. The van der Waals surface area contributed by atoms with Crippen LogP contribution in [-0.4, -0.2) is 49.0 Å². The molecule has 0 unspecified atom stereocenters. The average Bonchev–Trinajstić information content (AvgIpc) is 3.26. The smallest absolute Gasteiger partial charge is 0.241 e. The molecule has 1 fully saturated rings. The highest BCUT2D eigenvalue weighted by Gasteiger charge is 2.21. The largest absolute Gasteiger partial charge is 0.347 e. The number of pyridine rings is 1. The quantitative estimate of drug-likeness (QED) is 0.814. The van der Waals surface area contributed by atoms with Crippen molar-refractivity contribution >= 4 is 11.7 Å². The second kappa shape index (κ2) is 6.70. The van der Waals surface area contributed by atoms with E-state index in [1.54, 1.807) is 25.2 Å². The Morgan fingerprint density at radius 1 is 1.45 bits per heavy atom. The van der Waals surface area contributed by atoms with Crippen LogP contribution >= 0.6 is 0 Å². The summed E-state index contributed by atoms with van der Waals surface area (Å²) in [6.07, 6.45) is 4.33. The molecule has 5 heteroatoms. The fraction of sp³-hybridized carbons (Fsp3) is 0.600. The third kappa shape index (κ3) is 3.93. The average molecular weight is 276 g/mol. The van der Waals surface area contributed by atoms with Crippen LogP contribution < -0.4 is 10.2 Å². The highest BCUT2D eigenvalue weighted by atomic mass is 16.2. The van der Waals surface area contributed by atoms with E-state index in [1.807, 2.05) is 11.0 Å². The van der Waals surface area contributed by atoms with E-state index in [0.717, 1.165) is 24.5 Å². The van der Waals surface area contributed by atoms with Crippen LogP contribution in [0.15, 0.2) is 18.3 Å². The normalized spacial score (nSPS) is 14.2. The molecule has 20 heavy (non-hydrogen) atoms. The fourth-order valence-electron chi connectivity index (χ4n) is 2.04. The van der Waals surface area contributed by atoms with Crippen molar-refractivity contribution in [3.63, 3.8) is 0 Å². The van der Waals surface area contributed by atoms with Crippen molar-refractivity contribution in [2.24, 2.45) is 0 Å². The Bertz CT molecular complexity index is 457. The number of rotatable bonds is 7. The standard InChI is InChI=1S/C15H24N4O/c1-4-19(11-14(20)18(2)3)15-12(6-5-9-16-15)10-17-13-7-8-13/h5-6,9,13,17H,4,7-8,10-11H2,1-3H3. The zero-order chi connectivity index (χ0) is 14.5. The van der Waals surface area contributed by atoms with Crippen LogP contribution in [0.1, 0.15) is 25.3 Å². The molecule has 5 nitrogen and oxygen atoms in total. The molecule has 1 amide bonds. The van der Waals surface area contributed by atoms with Gasteiger partial charge in [-0.25, -0.2) is 4.98 Å². The number of hydrogen-bond donors (Lipinski definition) is 1. The number of anilines is 1. The van der Waals surface area contributed by atoms with Crippen LogP contribution in [0, 0.1) is 0 Å². The molecule has 2 rings (SSSR count). The Kier molecular flexibility index (Phi) is 4.95. The molecular formula is C15H24N4O. The van der Waals surface area contributed by atoms with Gasteiger partial charge in [-0.15, -0.1) is 0 Å². The zero-order valence-electron chi connectivity index (χ0n) is 12.6. The first-order chi connectivity index (χ1) is 9.61. The van der Waals surface area contributed by atoms with Crippen LogP contribution in [0.5, 0.6) is 0 Å². The van der Waals surface area contributed by atoms with Gasteiger partial charge in [-0.05, 0) is 25.8 Å². The van der Waals surface area contributed by atoms with Crippen molar-refractivity contribution < 1.29 is 4.79 Å². The minimum Gasteiger partial charge on any atom is -0.347 e. The molecule has 1 aliphatic rings. The molecular weight excluding hydrogens is 252 g/mol. The van der Waals surface area contributed by atoms with E-state index in [2.05, 4.69) is 23.3 Å². The van der Waals surface area contributed by atoms with Crippen molar-refractivity contribution in [3.05, 3.63) is 23.9 Å². The van der Waals surface area contributed by atoms with Crippen LogP contribution in [-0.2, 0) is 11.3 Å². The SMILES string of the molecule is CCN(CC(=O)N(C)C)c1ncccc1CNC1CC1. The van der Waals surface area contributed by atoms with E-state index in [9.17, 15) is 4.79 Å². The highest BCUT2D eigenvalue weighted by molar-refractivity contribution is 5.80. The number of nitrogens with one attached hydrogen (secondary N) is 1. The Morgan fingerprint density at radius 2 is 2.20 bits per heavy atom. The molecule has 0 bridgehead atoms. The van der Waals surface area contributed by atoms with E-state index in [4.69, 9.17) is 0 Å². The maximum atomic E-state index is 11.9. The Labute approximate surface area is 121 Å². The van der Waals surface area contributed by atoms with Crippen LogP contribution in [0.25, 0.3) is 0 Å². The Morgan fingerprint density at radius 3 is 2.80 bits per heavy atom. The van der Waals surface area contributed by atoms with Crippen LogP contribution in [0.2, 0.25) is 0 Å². The number of amides is 1. The van der Waals surface area contributed by atoms with Crippen LogP contribution in [0.4, 0.5) is 5.82 Å². The minimum absolute atomic E-state index is 0.0959. The second-order valence-electron chi connectivity index (χ2n) is 5.44. The first kappa shape index (κ1) is 14.8. The van der Waals surface area contributed by atoms with E-state index < -0.39 is 0 Å². The summed E-state index contributed by atoms with van der Waals surface area (Å²) in [7, 11) is 3.56. The lowest BCUT2D eigenvalue weighted by Gasteiger charge is -2.25. The molecule has 110 valence electrons. The summed E-state index contributed by atoms with van der Waals surface area (Å²) in [6, 6.07) is 4.71. The maximum Gasteiger partial charge on any atom is 0.241 e. The summed E-state index contributed by atoms with van der Waals surface area (Å²) in [6.45, 7) is 4.01. The van der Waals surface area contributed by atoms with Gasteiger partial charge in [0.2, 0.25) is 5.91 Å². The summed E-state index contributed by atoms with van der Waals surface area (Å²) in [5.74, 6) is 1.01. The summed E-state index contributed by atoms with van der Waals surface area (Å²) in [5.41, 5.74) is 1.16. The third-order valence-electron chi connectivity index (χ3n) is 3.53. The van der Waals surface area contributed by atoms with Gasteiger partial charge in [0, 0.05) is 45.0 Å². The van der Waals surface area contributed by atoms with Gasteiger partial charge in [0.1, 0.15) is 5.82 Å². The van der Waals surface area contributed by atoms with Crippen molar-refractivity contribution in [1.29, 1.82) is 0 Å². The van der Waals surface area contributed by atoms with Crippen molar-refractivity contribution in [2.45, 2.75) is 32.4 Å². The summed E-state index contributed by atoms with van der Waals surface area (Å²) < 4.78 is 0. The summed E-state index contributed by atoms with van der Waals surface area (Å²) in [5, 5.41) is 3.51. The van der Waals surface area contributed by atoms with Gasteiger partial charge < -0.3 is 15.1 Å². The van der Waals surface area contributed by atoms with Gasteiger partial charge in [-0.1, -0.05) is 6.07 Å². The third-order valence-corrected chi connectivity index (χ3v) is 3.53. The van der Waals surface area contributed by atoms with Gasteiger partial charge in [0.05, 0.1) is 6.54 Å². The molecule has 0 atom stereocenters. The van der Waals surface area contributed by atoms with Gasteiger partial charge >= 0.3 is 0 Å². The van der Waals surface area contributed by atoms with Crippen molar-refractivity contribution in [2.75, 3.05) is 32.1 Å². The molecule has 1 aromatic rings. The van der Waals surface area contributed by atoms with Gasteiger partial charge in [0.25, 0.3) is 0 Å². The molecule has 1 aliphatic carbocycles. The molecule has 0 aliphatic heterocycles. The number of aromatic nitrogens is 1. The lowest BCUT2D eigenvalue weighted by atomic mass is 10.2.